The number of hydrogen-bond donors (Lipinski definition) is 2. The van der Waals surface area contributed by atoms with Crippen molar-refractivity contribution in [2.75, 3.05) is 7.11 Å². The fraction of sp³-hybridized carbons (Fsp3) is 0.0909. The summed E-state index contributed by atoms with van der Waals surface area (Å²) in [6.07, 6.45) is 1.35. The summed E-state index contributed by atoms with van der Waals surface area (Å²) >= 11 is 0. The third kappa shape index (κ3) is 4.73. The number of aldehydes is 1. The Bertz CT molecular complexity index is 344. The van der Waals surface area contributed by atoms with Gasteiger partial charge in [-0.3, -0.25) is 9.59 Å². The van der Waals surface area contributed by atoms with E-state index in [0.29, 0.717) is 5.70 Å². The summed E-state index contributed by atoms with van der Waals surface area (Å²) in [5, 5.41) is 7.00. The van der Waals surface area contributed by atoms with Gasteiger partial charge in [0.2, 0.25) is 5.78 Å². The largest absolute Gasteiger partial charge is 0.400 e. The van der Waals surface area contributed by atoms with Crippen LogP contribution in [0.25, 0.3) is 5.70 Å². The summed E-state index contributed by atoms with van der Waals surface area (Å²) in [4.78, 5) is 20.7. The molecule has 0 aliphatic carbocycles. The minimum absolute atomic E-state index is 0.232. The molecule has 0 atom stereocenters. The fourth-order valence-corrected chi connectivity index (χ4v) is 0.901. The molecule has 0 fully saturated rings. The second kappa shape index (κ2) is 7.46. The zero-order valence-electron chi connectivity index (χ0n) is 8.38. The zero-order chi connectivity index (χ0) is 11.7. The fourth-order valence-electron chi connectivity index (χ4n) is 0.901. The van der Waals surface area contributed by atoms with Crippen LogP contribution in [0.1, 0.15) is 5.56 Å². The van der Waals surface area contributed by atoms with E-state index in [9.17, 15) is 9.59 Å². The van der Waals surface area contributed by atoms with Crippen molar-refractivity contribution in [2.24, 2.45) is 5.73 Å². The predicted molar refractivity (Wildman–Crippen MR) is 57.8 cm³/mol. The van der Waals surface area contributed by atoms with E-state index in [1.54, 1.807) is 24.3 Å². The van der Waals surface area contributed by atoms with Crippen molar-refractivity contribution < 1.29 is 14.7 Å². The lowest BCUT2D eigenvalue weighted by molar-refractivity contribution is -0.126. The van der Waals surface area contributed by atoms with Crippen LogP contribution in [-0.4, -0.2) is 24.3 Å². The highest BCUT2D eigenvalue weighted by Crippen LogP contribution is 2.06. The maximum Gasteiger partial charge on any atom is 0.220 e. The smallest absolute Gasteiger partial charge is 0.220 e. The molecule has 0 amide bonds. The summed E-state index contributed by atoms with van der Waals surface area (Å²) in [7, 11) is 1.00. The Morgan fingerprint density at radius 1 is 1.27 bits per heavy atom. The van der Waals surface area contributed by atoms with Gasteiger partial charge in [0.1, 0.15) is 0 Å². The minimum Gasteiger partial charge on any atom is -0.400 e. The highest BCUT2D eigenvalue weighted by Gasteiger charge is 1.98. The zero-order valence-corrected chi connectivity index (χ0v) is 8.38. The summed E-state index contributed by atoms with van der Waals surface area (Å²) < 4.78 is 0. The maximum absolute atomic E-state index is 10.7. The molecule has 0 aromatic heterocycles. The molecule has 0 bridgehead atoms. The van der Waals surface area contributed by atoms with Gasteiger partial charge < -0.3 is 10.8 Å². The van der Waals surface area contributed by atoms with Crippen molar-refractivity contribution >= 4 is 17.8 Å². The third-order valence-electron chi connectivity index (χ3n) is 1.52. The van der Waals surface area contributed by atoms with E-state index in [4.69, 9.17) is 10.8 Å². The molecule has 0 radical (unpaired) electrons. The molecule has 4 nitrogen and oxygen atoms in total. The molecule has 0 aliphatic heterocycles. The number of benzene rings is 1. The van der Waals surface area contributed by atoms with Gasteiger partial charge in [-0.05, 0) is 5.56 Å². The molecule has 1 aromatic carbocycles. The van der Waals surface area contributed by atoms with Crippen LogP contribution in [-0.2, 0) is 9.59 Å². The topological polar surface area (TPSA) is 80.4 Å². The van der Waals surface area contributed by atoms with Gasteiger partial charge in [0.15, 0.2) is 6.29 Å². The Hall–Kier alpha value is -1.94. The van der Waals surface area contributed by atoms with Crippen LogP contribution < -0.4 is 5.73 Å². The lowest BCUT2D eigenvalue weighted by Crippen LogP contribution is -2.01. The number of ketones is 1. The maximum atomic E-state index is 10.7. The standard InChI is InChI=1S/C10H9NO2.CH4O/c11-10(6-9(13)7-12)8-4-2-1-3-5-8;1-2/h1-7H,11H2;2H,1H3/b10-6-;. The first-order valence-electron chi connectivity index (χ1n) is 4.20. The van der Waals surface area contributed by atoms with Crippen LogP contribution in [0.5, 0.6) is 0 Å². The Kier molecular flexibility index (Phi) is 6.50. The lowest BCUT2D eigenvalue weighted by atomic mass is 10.1. The molecule has 0 saturated heterocycles. The average Bonchev–Trinajstić information content (AvgIpc) is 2.32. The van der Waals surface area contributed by atoms with E-state index >= 15 is 0 Å². The van der Waals surface area contributed by atoms with Crippen LogP contribution in [0, 0.1) is 0 Å². The Morgan fingerprint density at radius 2 is 1.80 bits per heavy atom. The molecule has 15 heavy (non-hydrogen) atoms. The number of hydrogen-bond acceptors (Lipinski definition) is 4. The second-order valence-corrected chi connectivity index (χ2v) is 2.49. The van der Waals surface area contributed by atoms with Gasteiger partial charge in [0.05, 0.1) is 0 Å². The first kappa shape index (κ1) is 13.1. The van der Waals surface area contributed by atoms with Gasteiger partial charge in [-0.25, -0.2) is 0 Å². The first-order valence-corrected chi connectivity index (χ1v) is 4.20. The van der Waals surface area contributed by atoms with Crippen LogP contribution in [0.3, 0.4) is 0 Å². The molecule has 0 spiro atoms. The lowest BCUT2D eigenvalue weighted by Gasteiger charge is -1.98. The molecule has 1 aromatic rings. The van der Waals surface area contributed by atoms with Gasteiger partial charge >= 0.3 is 0 Å². The summed E-state index contributed by atoms with van der Waals surface area (Å²) in [6.45, 7) is 0. The summed E-state index contributed by atoms with van der Waals surface area (Å²) in [5.74, 6) is -0.624. The van der Waals surface area contributed by atoms with Crippen LogP contribution >= 0.6 is 0 Å². The summed E-state index contributed by atoms with van der Waals surface area (Å²) in [6, 6.07) is 9.00. The van der Waals surface area contributed by atoms with Crippen LogP contribution in [0.2, 0.25) is 0 Å². The van der Waals surface area contributed by atoms with Gasteiger partial charge in [-0.1, -0.05) is 30.3 Å². The SMILES string of the molecule is CO.N/C(=C\C(=O)C=O)c1ccccc1. The number of allylic oxidation sites excluding steroid dienone is 1. The molecule has 4 heteroatoms. The third-order valence-corrected chi connectivity index (χ3v) is 1.52. The molecule has 3 N–H and O–H groups in total. The average molecular weight is 207 g/mol. The van der Waals surface area contributed by atoms with E-state index < -0.39 is 5.78 Å². The van der Waals surface area contributed by atoms with Gasteiger partial charge in [0.25, 0.3) is 0 Å². The molecule has 1 rings (SSSR count). The molecule has 80 valence electrons. The molecular formula is C11H13NO3. The van der Waals surface area contributed by atoms with Crippen LogP contribution in [0.4, 0.5) is 0 Å². The number of carbonyl (C=O) groups is 2. The van der Waals surface area contributed by atoms with E-state index in [1.165, 1.54) is 0 Å². The highest BCUT2D eigenvalue weighted by atomic mass is 16.2. The number of nitrogens with two attached hydrogens (primary N) is 1. The summed E-state index contributed by atoms with van der Waals surface area (Å²) in [5.41, 5.74) is 6.59. The van der Waals surface area contributed by atoms with Crippen molar-refractivity contribution in [1.29, 1.82) is 0 Å². The molecule has 0 unspecified atom stereocenters. The minimum atomic E-state index is -0.624. The highest BCUT2D eigenvalue weighted by molar-refractivity contribution is 6.32. The van der Waals surface area contributed by atoms with E-state index in [0.717, 1.165) is 18.7 Å². The van der Waals surface area contributed by atoms with Crippen molar-refractivity contribution in [3.8, 4) is 0 Å². The van der Waals surface area contributed by atoms with E-state index in [1.807, 2.05) is 6.07 Å². The van der Waals surface area contributed by atoms with E-state index in [2.05, 4.69) is 0 Å². The molecular weight excluding hydrogens is 194 g/mol. The van der Waals surface area contributed by atoms with Crippen LogP contribution in [0.15, 0.2) is 36.4 Å². The quantitative estimate of drug-likeness (QED) is 0.426. The monoisotopic (exact) mass is 207 g/mol. The number of aliphatic hydroxyl groups is 1. The van der Waals surface area contributed by atoms with Gasteiger partial charge in [-0.2, -0.15) is 0 Å². The Labute approximate surface area is 88.0 Å². The van der Waals surface area contributed by atoms with E-state index in [-0.39, 0.29) is 6.29 Å². The van der Waals surface area contributed by atoms with Gasteiger partial charge in [0, 0.05) is 18.9 Å². The number of rotatable bonds is 3. The van der Waals surface area contributed by atoms with Gasteiger partial charge in [-0.15, -0.1) is 0 Å². The van der Waals surface area contributed by atoms with Crippen molar-refractivity contribution in [3.63, 3.8) is 0 Å². The molecule has 0 aliphatic rings. The van der Waals surface area contributed by atoms with Crippen molar-refractivity contribution in [2.45, 2.75) is 0 Å². The predicted octanol–water partition coefficient (Wildman–Crippen LogP) is 0.363. The van der Waals surface area contributed by atoms with Crippen molar-refractivity contribution in [3.05, 3.63) is 42.0 Å². The number of aliphatic hydroxyl groups excluding tert-OH is 1. The normalized spacial score (nSPS) is 9.87. The Balaban J connectivity index is 0.000000921. The second-order valence-electron chi connectivity index (χ2n) is 2.49. The molecule has 0 heterocycles. The number of carbonyl (C=O) groups excluding carboxylic acids is 2. The first-order chi connectivity index (χ1) is 7.24. The van der Waals surface area contributed by atoms with Crippen molar-refractivity contribution in [1.82, 2.24) is 0 Å². The Morgan fingerprint density at radius 3 is 2.27 bits per heavy atom. The molecule has 0 saturated carbocycles.